The molecule has 1 aliphatic heterocycles. The molecule has 0 fully saturated rings. The summed E-state index contributed by atoms with van der Waals surface area (Å²) in [6, 6.07) is 5.55. The van der Waals surface area contributed by atoms with Gasteiger partial charge in [-0.15, -0.1) is 11.3 Å². The number of nitrogens with zero attached hydrogens (tertiary/aromatic N) is 2. The van der Waals surface area contributed by atoms with E-state index in [0.717, 1.165) is 25.1 Å². The Labute approximate surface area is 122 Å². The Balaban J connectivity index is 1.89. The van der Waals surface area contributed by atoms with Gasteiger partial charge < -0.3 is 4.74 Å². The van der Waals surface area contributed by atoms with Crippen molar-refractivity contribution < 1.29 is 9.53 Å². The van der Waals surface area contributed by atoms with E-state index in [-0.39, 0.29) is 12.0 Å². The Bertz CT molecular complexity index is 597. The molecule has 0 spiro atoms. The van der Waals surface area contributed by atoms with E-state index >= 15 is 0 Å². The van der Waals surface area contributed by atoms with Crippen LogP contribution in [-0.2, 0) is 22.5 Å². The normalized spacial score (nSPS) is 16.4. The standard InChI is InChI=1S/C15H16N2O2S/c1-19-15(18)14(11-3-2-6-16-9-11)17-7-4-13-12(10-17)5-8-20-13/h2-3,5-6,8-9,14H,4,7,10H2,1H3/t14-/m0/s1. The number of pyridine rings is 1. The van der Waals surface area contributed by atoms with Gasteiger partial charge in [0.2, 0.25) is 0 Å². The fourth-order valence-corrected chi connectivity index (χ4v) is 3.53. The molecule has 0 unspecified atom stereocenters. The third-order valence-corrected chi connectivity index (χ3v) is 4.65. The van der Waals surface area contributed by atoms with Crippen LogP contribution in [0.4, 0.5) is 0 Å². The molecule has 104 valence electrons. The summed E-state index contributed by atoms with van der Waals surface area (Å²) >= 11 is 1.79. The van der Waals surface area contributed by atoms with Gasteiger partial charge in [-0.1, -0.05) is 6.07 Å². The van der Waals surface area contributed by atoms with Crippen LogP contribution in [0.25, 0.3) is 0 Å². The number of hydrogen-bond donors (Lipinski definition) is 0. The molecule has 0 aromatic carbocycles. The fraction of sp³-hybridized carbons (Fsp3) is 0.333. The third kappa shape index (κ3) is 2.46. The predicted octanol–water partition coefficient (Wildman–Crippen LogP) is 2.42. The second-order valence-electron chi connectivity index (χ2n) is 4.80. The Kier molecular flexibility index (Phi) is 3.80. The van der Waals surface area contributed by atoms with Gasteiger partial charge >= 0.3 is 5.97 Å². The molecule has 2 aromatic rings. The topological polar surface area (TPSA) is 42.4 Å². The van der Waals surface area contributed by atoms with Gasteiger partial charge in [0.15, 0.2) is 0 Å². The molecule has 3 heterocycles. The number of hydrogen-bond acceptors (Lipinski definition) is 5. The molecule has 0 saturated heterocycles. The van der Waals surface area contributed by atoms with Crippen molar-refractivity contribution in [3.63, 3.8) is 0 Å². The quantitative estimate of drug-likeness (QED) is 0.814. The van der Waals surface area contributed by atoms with Crippen molar-refractivity contribution in [1.29, 1.82) is 0 Å². The molecule has 0 bridgehead atoms. The van der Waals surface area contributed by atoms with Crippen LogP contribution in [0.5, 0.6) is 0 Å². The van der Waals surface area contributed by atoms with Crippen LogP contribution in [0, 0.1) is 0 Å². The molecule has 1 atom stereocenters. The molecule has 0 amide bonds. The molecular formula is C15H16N2O2S. The van der Waals surface area contributed by atoms with Crippen LogP contribution in [0.2, 0.25) is 0 Å². The van der Waals surface area contributed by atoms with E-state index in [9.17, 15) is 4.79 Å². The Morgan fingerprint density at radius 2 is 2.40 bits per heavy atom. The van der Waals surface area contributed by atoms with E-state index in [2.05, 4.69) is 21.3 Å². The van der Waals surface area contributed by atoms with E-state index in [1.807, 2.05) is 12.1 Å². The molecule has 5 heteroatoms. The van der Waals surface area contributed by atoms with Crippen LogP contribution >= 0.6 is 11.3 Å². The summed E-state index contributed by atoms with van der Waals surface area (Å²) in [6.45, 7) is 1.65. The largest absolute Gasteiger partial charge is 0.468 e. The van der Waals surface area contributed by atoms with Gasteiger partial charge in [0.05, 0.1) is 7.11 Å². The number of aromatic nitrogens is 1. The summed E-state index contributed by atoms with van der Waals surface area (Å²) in [5.41, 5.74) is 2.21. The highest BCUT2D eigenvalue weighted by Crippen LogP contribution is 2.30. The highest BCUT2D eigenvalue weighted by atomic mass is 32.1. The number of rotatable bonds is 3. The van der Waals surface area contributed by atoms with E-state index in [0.29, 0.717) is 0 Å². The summed E-state index contributed by atoms with van der Waals surface area (Å²) < 4.78 is 4.98. The second kappa shape index (κ2) is 5.73. The third-order valence-electron chi connectivity index (χ3n) is 3.63. The van der Waals surface area contributed by atoms with Crippen molar-refractivity contribution in [2.75, 3.05) is 13.7 Å². The lowest BCUT2D eigenvalue weighted by atomic mass is 10.0. The van der Waals surface area contributed by atoms with Crippen molar-refractivity contribution in [1.82, 2.24) is 9.88 Å². The van der Waals surface area contributed by atoms with Crippen LogP contribution in [0.15, 0.2) is 36.0 Å². The first-order chi connectivity index (χ1) is 9.79. The number of ether oxygens (including phenoxy) is 1. The first kappa shape index (κ1) is 13.3. The summed E-state index contributed by atoms with van der Waals surface area (Å²) in [6.07, 6.45) is 4.44. The van der Waals surface area contributed by atoms with Crippen LogP contribution < -0.4 is 0 Å². The minimum Gasteiger partial charge on any atom is -0.468 e. The van der Waals surface area contributed by atoms with Crippen molar-refractivity contribution in [3.05, 3.63) is 52.0 Å². The van der Waals surface area contributed by atoms with E-state index in [4.69, 9.17) is 4.74 Å². The van der Waals surface area contributed by atoms with Crippen LogP contribution in [0.3, 0.4) is 0 Å². The molecule has 20 heavy (non-hydrogen) atoms. The summed E-state index contributed by atoms with van der Waals surface area (Å²) in [5.74, 6) is -0.225. The van der Waals surface area contributed by atoms with Crippen molar-refractivity contribution >= 4 is 17.3 Å². The SMILES string of the molecule is COC(=O)[C@H](c1cccnc1)N1CCc2sccc2C1. The smallest absolute Gasteiger partial charge is 0.327 e. The van der Waals surface area contributed by atoms with Gasteiger partial charge in [0.25, 0.3) is 0 Å². The maximum absolute atomic E-state index is 12.2. The molecule has 4 nitrogen and oxygen atoms in total. The van der Waals surface area contributed by atoms with Crippen LogP contribution in [0.1, 0.15) is 22.0 Å². The van der Waals surface area contributed by atoms with Crippen LogP contribution in [-0.4, -0.2) is 29.5 Å². The van der Waals surface area contributed by atoms with E-state index < -0.39 is 0 Å². The number of esters is 1. The zero-order valence-electron chi connectivity index (χ0n) is 11.3. The number of thiophene rings is 1. The monoisotopic (exact) mass is 288 g/mol. The molecule has 2 aromatic heterocycles. The maximum atomic E-state index is 12.2. The molecule has 0 saturated carbocycles. The van der Waals surface area contributed by atoms with Gasteiger partial charge in [-0.2, -0.15) is 0 Å². The molecule has 1 aliphatic rings. The van der Waals surface area contributed by atoms with E-state index in [1.165, 1.54) is 17.6 Å². The first-order valence-electron chi connectivity index (χ1n) is 6.56. The maximum Gasteiger partial charge on any atom is 0.327 e. The molecule has 0 radical (unpaired) electrons. The molecular weight excluding hydrogens is 272 g/mol. The van der Waals surface area contributed by atoms with Crippen molar-refractivity contribution in [2.45, 2.75) is 19.0 Å². The van der Waals surface area contributed by atoms with Gasteiger partial charge in [0.1, 0.15) is 6.04 Å². The second-order valence-corrected chi connectivity index (χ2v) is 5.80. The summed E-state index contributed by atoms with van der Waals surface area (Å²) in [5, 5.41) is 2.12. The first-order valence-corrected chi connectivity index (χ1v) is 7.44. The van der Waals surface area contributed by atoms with Gasteiger partial charge in [-0.3, -0.25) is 9.88 Å². The lowest BCUT2D eigenvalue weighted by molar-refractivity contribution is -0.147. The average Bonchev–Trinajstić information content (AvgIpc) is 2.96. The highest BCUT2D eigenvalue weighted by molar-refractivity contribution is 7.10. The van der Waals surface area contributed by atoms with Crippen molar-refractivity contribution in [2.24, 2.45) is 0 Å². The summed E-state index contributed by atoms with van der Waals surface area (Å²) in [7, 11) is 1.44. The number of carbonyl (C=O) groups excluding carboxylic acids is 1. The average molecular weight is 288 g/mol. The zero-order valence-corrected chi connectivity index (χ0v) is 12.1. The fourth-order valence-electron chi connectivity index (χ4n) is 2.64. The number of methoxy groups -OCH3 is 1. The van der Waals surface area contributed by atoms with Gasteiger partial charge in [-0.05, 0) is 35.1 Å². The van der Waals surface area contributed by atoms with E-state index in [1.54, 1.807) is 23.7 Å². The lowest BCUT2D eigenvalue weighted by Crippen LogP contribution is -2.38. The lowest BCUT2D eigenvalue weighted by Gasteiger charge is -2.32. The van der Waals surface area contributed by atoms with Crippen molar-refractivity contribution in [3.8, 4) is 0 Å². The zero-order chi connectivity index (χ0) is 13.9. The Morgan fingerprint density at radius 1 is 1.50 bits per heavy atom. The highest BCUT2D eigenvalue weighted by Gasteiger charge is 2.31. The minimum atomic E-state index is -0.373. The molecule has 3 rings (SSSR count). The number of fused-ring (bicyclic) bond motifs is 1. The summed E-state index contributed by atoms with van der Waals surface area (Å²) in [4.78, 5) is 19.9. The molecule has 0 aliphatic carbocycles. The molecule has 0 N–H and O–H groups in total. The van der Waals surface area contributed by atoms with Gasteiger partial charge in [0, 0.05) is 30.4 Å². The Hall–Kier alpha value is -1.72. The number of carbonyl (C=O) groups is 1. The minimum absolute atomic E-state index is 0.225. The van der Waals surface area contributed by atoms with Gasteiger partial charge in [-0.25, -0.2) is 4.79 Å². The Morgan fingerprint density at radius 3 is 3.15 bits per heavy atom. The predicted molar refractivity (Wildman–Crippen MR) is 77.4 cm³/mol.